The highest BCUT2D eigenvalue weighted by atomic mass is 19.4. The summed E-state index contributed by atoms with van der Waals surface area (Å²) < 4.78 is 38.7. The van der Waals surface area contributed by atoms with Crippen molar-refractivity contribution < 1.29 is 13.2 Å². The van der Waals surface area contributed by atoms with Crippen LogP contribution in [0.25, 0.3) is 11.0 Å². The largest absolute Gasteiger partial charge is 0.390 e. The van der Waals surface area contributed by atoms with Gasteiger partial charge in [0.1, 0.15) is 17.3 Å². The van der Waals surface area contributed by atoms with Crippen LogP contribution in [0.4, 0.5) is 19.0 Å². The molecule has 2 N–H and O–H groups in total. The van der Waals surface area contributed by atoms with Crippen LogP contribution >= 0.6 is 0 Å². The van der Waals surface area contributed by atoms with E-state index in [2.05, 4.69) is 9.97 Å². The van der Waals surface area contributed by atoms with Crippen molar-refractivity contribution in [3.8, 4) is 0 Å². The molecular weight excluding hydrogens is 257 g/mol. The van der Waals surface area contributed by atoms with Crippen LogP contribution in [-0.4, -0.2) is 20.7 Å². The third-order valence-corrected chi connectivity index (χ3v) is 3.23. The van der Waals surface area contributed by atoms with E-state index in [1.165, 1.54) is 0 Å². The van der Waals surface area contributed by atoms with Gasteiger partial charge in [-0.25, -0.2) is 9.97 Å². The Morgan fingerprint density at radius 1 is 1.16 bits per heavy atom. The Labute approximate surface area is 108 Å². The molecule has 0 saturated carbocycles. The van der Waals surface area contributed by atoms with Crippen LogP contribution in [-0.2, 0) is 6.54 Å². The van der Waals surface area contributed by atoms with Crippen molar-refractivity contribution >= 4 is 16.9 Å². The number of nitrogen functional groups attached to an aromatic ring is 1. The van der Waals surface area contributed by atoms with Crippen LogP contribution in [0.5, 0.6) is 0 Å². The first-order valence-electron chi connectivity index (χ1n) is 5.87. The van der Waals surface area contributed by atoms with E-state index in [4.69, 9.17) is 5.73 Å². The number of nitrogens with two attached hydrogens (primary N) is 1. The summed E-state index contributed by atoms with van der Waals surface area (Å²) in [6.45, 7) is 5.09. The SMILES string of the molecule is Cc1nc(N)c2c(C)c(C)n(CCC(F)(F)F)c2n1. The summed E-state index contributed by atoms with van der Waals surface area (Å²) in [7, 11) is 0. The van der Waals surface area contributed by atoms with Gasteiger partial charge in [-0.05, 0) is 26.3 Å². The van der Waals surface area contributed by atoms with Crippen molar-refractivity contribution in [1.82, 2.24) is 14.5 Å². The number of rotatable bonds is 2. The van der Waals surface area contributed by atoms with E-state index < -0.39 is 12.6 Å². The van der Waals surface area contributed by atoms with E-state index >= 15 is 0 Å². The van der Waals surface area contributed by atoms with Crippen molar-refractivity contribution in [3.05, 3.63) is 17.1 Å². The van der Waals surface area contributed by atoms with E-state index in [1.807, 2.05) is 6.92 Å². The molecule has 0 bridgehead atoms. The quantitative estimate of drug-likeness (QED) is 0.914. The highest BCUT2D eigenvalue weighted by molar-refractivity contribution is 5.91. The zero-order chi connectivity index (χ0) is 14.4. The molecule has 2 aromatic heterocycles. The molecule has 0 unspecified atom stereocenters. The minimum absolute atomic E-state index is 0.157. The number of hydrogen-bond acceptors (Lipinski definition) is 3. The standard InChI is InChI=1S/C12H15F3N4/c1-6-7(2)19(5-4-12(13,14)15)11-9(6)10(16)17-8(3)18-11/h4-5H2,1-3H3,(H2,16,17,18). The van der Waals surface area contributed by atoms with E-state index in [1.54, 1.807) is 18.4 Å². The summed E-state index contributed by atoms with van der Waals surface area (Å²) in [5, 5.41) is 0.644. The maximum atomic E-state index is 12.4. The minimum Gasteiger partial charge on any atom is -0.383 e. The van der Waals surface area contributed by atoms with Crippen LogP contribution in [0, 0.1) is 20.8 Å². The van der Waals surface area contributed by atoms with Crippen LogP contribution in [0.3, 0.4) is 0 Å². The Morgan fingerprint density at radius 3 is 2.37 bits per heavy atom. The van der Waals surface area contributed by atoms with Gasteiger partial charge in [-0.3, -0.25) is 0 Å². The first-order valence-corrected chi connectivity index (χ1v) is 5.87. The van der Waals surface area contributed by atoms with Gasteiger partial charge in [0.2, 0.25) is 0 Å². The topological polar surface area (TPSA) is 56.7 Å². The number of halogens is 3. The zero-order valence-electron chi connectivity index (χ0n) is 11.0. The Morgan fingerprint density at radius 2 is 1.79 bits per heavy atom. The molecule has 2 heterocycles. The van der Waals surface area contributed by atoms with Crippen molar-refractivity contribution in [2.45, 2.75) is 39.9 Å². The third kappa shape index (κ3) is 2.50. The molecule has 2 aromatic rings. The Balaban J connectivity index is 2.57. The van der Waals surface area contributed by atoms with Crippen LogP contribution in [0.15, 0.2) is 0 Å². The lowest BCUT2D eigenvalue weighted by molar-refractivity contribution is -0.136. The highest BCUT2D eigenvalue weighted by Gasteiger charge is 2.28. The van der Waals surface area contributed by atoms with E-state index in [-0.39, 0.29) is 6.54 Å². The molecule has 0 saturated heterocycles. The molecule has 104 valence electrons. The van der Waals surface area contributed by atoms with Crippen molar-refractivity contribution in [1.29, 1.82) is 0 Å². The second-order valence-electron chi connectivity index (χ2n) is 4.58. The number of aryl methyl sites for hydroxylation is 3. The fourth-order valence-corrected chi connectivity index (χ4v) is 2.19. The van der Waals surface area contributed by atoms with Crippen molar-refractivity contribution in [3.63, 3.8) is 0 Å². The Hall–Kier alpha value is -1.79. The Bertz CT molecular complexity index is 628. The normalized spacial score (nSPS) is 12.3. The molecule has 0 atom stereocenters. The lowest BCUT2D eigenvalue weighted by Crippen LogP contribution is -2.13. The molecule has 7 heteroatoms. The molecule has 0 aliphatic carbocycles. The molecule has 4 nitrogen and oxygen atoms in total. The highest BCUT2D eigenvalue weighted by Crippen LogP contribution is 2.29. The number of alkyl halides is 3. The predicted octanol–water partition coefficient (Wildman–Crippen LogP) is 2.89. The molecule has 0 amide bonds. The van der Waals surface area contributed by atoms with Crippen LogP contribution < -0.4 is 5.73 Å². The zero-order valence-corrected chi connectivity index (χ0v) is 11.0. The van der Waals surface area contributed by atoms with Gasteiger partial charge in [0.15, 0.2) is 0 Å². The number of anilines is 1. The van der Waals surface area contributed by atoms with Gasteiger partial charge in [0.05, 0.1) is 11.8 Å². The van der Waals surface area contributed by atoms with E-state index in [0.717, 1.165) is 11.3 Å². The number of aromatic nitrogens is 3. The number of fused-ring (bicyclic) bond motifs is 1. The molecular formula is C12H15F3N4. The summed E-state index contributed by atoms with van der Waals surface area (Å²) in [5.41, 5.74) is 7.88. The first kappa shape index (κ1) is 13.6. The Kier molecular flexibility index (Phi) is 3.15. The van der Waals surface area contributed by atoms with Crippen molar-refractivity contribution in [2.75, 3.05) is 5.73 Å². The lowest BCUT2D eigenvalue weighted by Gasteiger charge is -2.10. The fraction of sp³-hybridized carbons (Fsp3) is 0.500. The van der Waals surface area contributed by atoms with Crippen LogP contribution in [0.1, 0.15) is 23.5 Å². The maximum Gasteiger partial charge on any atom is 0.390 e. The molecule has 19 heavy (non-hydrogen) atoms. The van der Waals surface area contributed by atoms with Gasteiger partial charge >= 0.3 is 6.18 Å². The second-order valence-corrected chi connectivity index (χ2v) is 4.58. The minimum atomic E-state index is -4.19. The fourth-order valence-electron chi connectivity index (χ4n) is 2.19. The number of hydrogen-bond donors (Lipinski definition) is 1. The smallest absolute Gasteiger partial charge is 0.383 e. The van der Waals surface area contributed by atoms with Gasteiger partial charge in [0, 0.05) is 12.2 Å². The molecule has 0 radical (unpaired) electrons. The second kappa shape index (κ2) is 4.40. The molecule has 0 aromatic carbocycles. The van der Waals surface area contributed by atoms with Crippen molar-refractivity contribution in [2.24, 2.45) is 0 Å². The van der Waals surface area contributed by atoms with Crippen LogP contribution in [0.2, 0.25) is 0 Å². The average Bonchev–Trinajstić information content (AvgIpc) is 2.48. The molecule has 0 aliphatic rings. The summed E-state index contributed by atoms with van der Waals surface area (Å²) in [4.78, 5) is 8.28. The van der Waals surface area contributed by atoms with E-state index in [9.17, 15) is 13.2 Å². The van der Waals surface area contributed by atoms with Gasteiger partial charge in [-0.2, -0.15) is 13.2 Å². The summed E-state index contributed by atoms with van der Waals surface area (Å²) >= 11 is 0. The molecule has 2 rings (SSSR count). The number of nitrogens with zero attached hydrogens (tertiary/aromatic N) is 3. The molecule has 0 fully saturated rings. The lowest BCUT2D eigenvalue weighted by atomic mass is 10.2. The summed E-state index contributed by atoms with van der Waals surface area (Å²) in [6.07, 6.45) is -5.08. The van der Waals surface area contributed by atoms with Gasteiger partial charge < -0.3 is 10.3 Å². The van der Waals surface area contributed by atoms with E-state index in [0.29, 0.717) is 22.7 Å². The third-order valence-electron chi connectivity index (χ3n) is 3.23. The van der Waals surface area contributed by atoms with Gasteiger partial charge in [0.25, 0.3) is 0 Å². The molecule has 0 spiro atoms. The predicted molar refractivity (Wildman–Crippen MR) is 66.8 cm³/mol. The first-order chi connectivity index (χ1) is 8.70. The summed E-state index contributed by atoms with van der Waals surface area (Å²) in [6, 6.07) is 0. The molecule has 0 aliphatic heterocycles. The monoisotopic (exact) mass is 272 g/mol. The maximum absolute atomic E-state index is 12.4. The van der Waals surface area contributed by atoms with Gasteiger partial charge in [-0.1, -0.05) is 0 Å². The summed E-state index contributed by atoms with van der Waals surface area (Å²) in [5.74, 6) is 0.768. The van der Waals surface area contributed by atoms with Gasteiger partial charge in [-0.15, -0.1) is 0 Å². The average molecular weight is 272 g/mol.